The molecule has 2 heterocycles. The molecule has 1 aliphatic heterocycles. The van der Waals surface area contributed by atoms with Gasteiger partial charge in [-0.3, -0.25) is 4.79 Å². The molecule has 4 rings (SSSR count). The molecular formula is C30H45N3O5S2. The zero-order valence-electron chi connectivity index (χ0n) is 24.7. The maximum absolute atomic E-state index is 13.5. The minimum absolute atomic E-state index is 0.0166. The second kappa shape index (κ2) is 13.3. The number of carbonyl (C=O) groups is 1. The van der Waals surface area contributed by atoms with Crippen LogP contribution in [-0.4, -0.2) is 76.6 Å². The first-order chi connectivity index (χ1) is 19.0. The van der Waals surface area contributed by atoms with Crippen molar-refractivity contribution in [2.75, 3.05) is 40.9 Å². The number of ether oxygens (including phenoxy) is 2. The van der Waals surface area contributed by atoms with Crippen LogP contribution in [0.25, 0.3) is 0 Å². The van der Waals surface area contributed by atoms with Crippen molar-refractivity contribution in [1.29, 1.82) is 0 Å². The number of sulfonamides is 1. The summed E-state index contributed by atoms with van der Waals surface area (Å²) < 4.78 is 39.9. The normalized spacial score (nSPS) is 21.9. The summed E-state index contributed by atoms with van der Waals surface area (Å²) in [4.78, 5) is 16.8. The smallest absolute Gasteiger partial charge is 0.246 e. The molecule has 1 aromatic heterocycles. The van der Waals surface area contributed by atoms with Gasteiger partial charge in [0.1, 0.15) is 12.4 Å². The Labute approximate surface area is 244 Å². The summed E-state index contributed by atoms with van der Waals surface area (Å²) in [6, 6.07) is 6.75. The van der Waals surface area contributed by atoms with E-state index in [2.05, 4.69) is 41.8 Å². The highest BCUT2D eigenvalue weighted by Crippen LogP contribution is 2.39. The van der Waals surface area contributed by atoms with Crippen LogP contribution in [0.5, 0.6) is 5.75 Å². The lowest BCUT2D eigenvalue weighted by Crippen LogP contribution is -2.44. The van der Waals surface area contributed by atoms with Gasteiger partial charge in [-0.2, -0.15) is 4.31 Å². The molecule has 1 unspecified atom stereocenters. The highest BCUT2D eigenvalue weighted by Gasteiger charge is 2.34. The van der Waals surface area contributed by atoms with Gasteiger partial charge in [0.25, 0.3) is 0 Å². The molecule has 2 aliphatic rings. The van der Waals surface area contributed by atoms with E-state index in [1.807, 2.05) is 32.1 Å². The van der Waals surface area contributed by atoms with Gasteiger partial charge < -0.3 is 19.7 Å². The van der Waals surface area contributed by atoms with Gasteiger partial charge in [0.2, 0.25) is 15.9 Å². The lowest BCUT2D eigenvalue weighted by molar-refractivity contribution is -0.129. The Balaban J connectivity index is 1.22. The Morgan fingerprint density at radius 1 is 1.10 bits per heavy atom. The Kier molecular flexibility index (Phi) is 10.3. The molecule has 1 aromatic carbocycles. The minimum Gasteiger partial charge on any atom is -0.496 e. The van der Waals surface area contributed by atoms with Crippen LogP contribution in [0.4, 0.5) is 0 Å². The maximum Gasteiger partial charge on any atom is 0.246 e. The average Bonchev–Trinajstić information content (AvgIpc) is 3.45. The Hall–Kier alpha value is -1.98. The Morgan fingerprint density at radius 2 is 1.77 bits per heavy atom. The maximum atomic E-state index is 13.5. The number of aryl methyl sites for hydroxylation is 1. The van der Waals surface area contributed by atoms with E-state index in [-0.39, 0.29) is 24.7 Å². The first-order valence-electron chi connectivity index (χ1n) is 14.3. The molecule has 1 amide bonds. The average molecular weight is 592 g/mol. The Bertz CT molecular complexity index is 1250. The van der Waals surface area contributed by atoms with E-state index in [1.54, 1.807) is 17.5 Å². The number of thiophene rings is 1. The third-order valence-electron chi connectivity index (χ3n) is 8.62. The number of carbonyl (C=O) groups excluding carboxylic acids is 1. The molecule has 1 saturated carbocycles. The molecule has 8 nitrogen and oxygen atoms in total. The topological polar surface area (TPSA) is 88.2 Å². The molecule has 0 spiro atoms. The summed E-state index contributed by atoms with van der Waals surface area (Å²) in [6.45, 7) is 6.30. The summed E-state index contributed by atoms with van der Waals surface area (Å²) in [5.41, 5.74) is 2.25. The predicted molar refractivity (Wildman–Crippen MR) is 160 cm³/mol. The number of amides is 1. The molecule has 0 bridgehead atoms. The number of hydrogen-bond acceptors (Lipinski definition) is 7. The van der Waals surface area contributed by atoms with Gasteiger partial charge in [0.15, 0.2) is 0 Å². The second-order valence-electron chi connectivity index (χ2n) is 11.5. The van der Waals surface area contributed by atoms with Gasteiger partial charge >= 0.3 is 0 Å². The van der Waals surface area contributed by atoms with Crippen molar-refractivity contribution in [3.63, 3.8) is 0 Å². The number of nitrogens with zero attached hydrogens (tertiary/aromatic N) is 2. The molecule has 40 heavy (non-hydrogen) atoms. The van der Waals surface area contributed by atoms with Gasteiger partial charge in [-0.25, -0.2) is 8.42 Å². The van der Waals surface area contributed by atoms with E-state index < -0.39 is 10.0 Å². The molecule has 10 heteroatoms. The largest absolute Gasteiger partial charge is 0.496 e. The fraction of sp³-hybridized carbons (Fsp3) is 0.633. The third kappa shape index (κ3) is 6.90. The zero-order valence-corrected chi connectivity index (χ0v) is 26.4. The highest BCUT2D eigenvalue weighted by atomic mass is 32.2. The number of methoxy groups -OCH3 is 1. The van der Waals surface area contributed by atoms with Crippen molar-refractivity contribution in [3.05, 3.63) is 45.1 Å². The molecule has 2 fully saturated rings. The van der Waals surface area contributed by atoms with Crippen molar-refractivity contribution in [1.82, 2.24) is 14.5 Å². The standard InChI is InChI=1S/C30H45N3O5S2/c1-20-18-26(37-6)21(2)22(3)30(20)40(35,36)33-15-13-25(14-16-33)38-19-28(34)31-24-11-9-23(10-12-24)29(32(4)5)27-8-7-17-39-27/h7-8,17-18,23-25,29H,9-16,19H2,1-6H3,(H,31,34). The molecular weight excluding hydrogens is 546 g/mol. The Morgan fingerprint density at radius 3 is 2.35 bits per heavy atom. The van der Waals surface area contributed by atoms with Gasteiger partial charge in [0, 0.05) is 30.1 Å². The predicted octanol–water partition coefficient (Wildman–Crippen LogP) is 4.83. The van der Waals surface area contributed by atoms with Gasteiger partial charge in [-0.15, -0.1) is 11.3 Å². The lowest BCUT2D eigenvalue weighted by Gasteiger charge is -2.37. The van der Waals surface area contributed by atoms with Crippen molar-refractivity contribution < 1.29 is 22.7 Å². The molecule has 1 saturated heterocycles. The monoisotopic (exact) mass is 591 g/mol. The number of piperidine rings is 1. The third-order valence-corrected chi connectivity index (χ3v) is 11.8. The van der Waals surface area contributed by atoms with Crippen molar-refractivity contribution >= 4 is 27.3 Å². The van der Waals surface area contributed by atoms with Crippen molar-refractivity contribution in [2.45, 2.75) is 82.4 Å². The van der Waals surface area contributed by atoms with Crippen molar-refractivity contribution in [2.24, 2.45) is 5.92 Å². The fourth-order valence-corrected chi connectivity index (χ4v) is 9.38. The quantitative estimate of drug-likeness (QED) is 0.426. The SMILES string of the molecule is COc1cc(C)c(S(=O)(=O)N2CCC(OCC(=O)NC3CCC(C(c4cccs4)N(C)C)CC3)CC2)c(C)c1C. The van der Waals surface area contributed by atoms with Gasteiger partial charge in [-0.05, 0) is 114 Å². The van der Waals surface area contributed by atoms with Gasteiger partial charge in [-0.1, -0.05) is 6.07 Å². The van der Waals surface area contributed by atoms with Crippen LogP contribution in [0.2, 0.25) is 0 Å². The van der Waals surface area contributed by atoms with E-state index in [0.29, 0.717) is 54.1 Å². The summed E-state index contributed by atoms with van der Waals surface area (Å²) in [5, 5.41) is 5.31. The molecule has 0 radical (unpaired) electrons. The number of hydrogen-bond donors (Lipinski definition) is 1. The summed E-state index contributed by atoms with van der Waals surface area (Å²) in [5.74, 6) is 1.21. The lowest BCUT2D eigenvalue weighted by atomic mass is 9.80. The summed E-state index contributed by atoms with van der Waals surface area (Å²) in [7, 11) is 2.26. The van der Waals surface area contributed by atoms with Gasteiger partial charge in [0.05, 0.1) is 18.1 Å². The first-order valence-corrected chi connectivity index (χ1v) is 16.6. The van der Waals surface area contributed by atoms with Crippen LogP contribution in [0, 0.1) is 26.7 Å². The number of rotatable bonds is 10. The van der Waals surface area contributed by atoms with E-state index in [0.717, 1.165) is 36.8 Å². The number of nitrogens with one attached hydrogen (secondary N) is 1. The molecule has 2 aromatic rings. The summed E-state index contributed by atoms with van der Waals surface area (Å²) in [6.07, 6.45) is 5.15. The zero-order chi connectivity index (χ0) is 29.0. The van der Waals surface area contributed by atoms with Crippen LogP contribution in [0.15, 0.2) is 28.5 Å². The van der Waals surface area contributed by atoms with Crippen LogP contribution in [-0.2, 0) is 19.6 Å². The van der Waals surface area contributed by atoms with Crippen LogP contribution in [0.1, 0.15) is 66.1 Å². The van der Waals surface area contributed by atoms with E-state index >= 15 is 0 Å². The van der Waals surface area contributed by atoms with Crippen LogP contribution < -0.4 is 10.1 Å². The van der Waals surface area contributed by atoms with Crippen LogP contribution in [0.3, 0.4) is 0 Å². The molecule has 1 N–H and O–H groups in total. The molecule has 222 valence electrons. The minimum atomic E-state index is -3.63. The van der Waals surface area contributed by atoms with E-state index in [1.165, 1.54) is 4.88 Å². The first kappa shape index (κ1) is 31.0. The molecule has 1 aliphatic carbocycles. The highest BCUT2D eigenvalue weighted by molar-refractivity contribution is 7.89. The van der Waals surface area contributed by atoms with E-state index in [4.69, 9.17) is 9.47 Å². The summed E-state index contributed by atoms with van der Waals surface area (Å²) >= 11 is 1.82. The van der Waals surface area contributed by atoms with Crippen molar-refractivity contribution in [3.8, 4) is 5.75 Å². The van der Waals surface area contributed by atoms with Crippen LogP contribution >= 0.6 is 11.3 Å². The van der Waals surface area contributed by atoms with E-state index in [9.17, 15) is 13.2 Å². The molecule has 1 atom stereocenters. The number of benzene rings is 1. The fourth-order valence-electron chi connectivity index (χ4n) is 6.41. The second-order valence-corrected chi connectivity index (χ2v) is 14.3.